The third-order valence-electron chi connectivity index (χ3n) is 2.76. The van der Waals surface area contributed by atoms with Crippen LogP contribution in [0.25, 0.3) is 0 Å². The molecule has 0 unspecified atom stereocenters. The molecule has 0 amide bonds. The third kappa shape index (κ3) is 1.81. The van der Waals surface area contributed by atoms with Crippen LogP contribution in [0.1, 0.15) is 32.1 Å². The van der Waals surface area contributed by atoms with Crippen molar-refractivity contribution in [2.24, 2.45) is 5.92 Å². The predicted molar refractivity (Wildman–Crippen MR) is 41.4 cm³/mol. The van der Waals surface area contributed by atoms with E-state index in [1.807, 2.05) is 0 Å². The van der Waals surface area contributed by atoms with Crippen LogP contribution in [0.5, 0.6) is 0 Å². The zero-order valence-electron chi connectivity index (χ0n) is 7.26. The number of hydrogen-bond acceptors (Lipinski definition) is 2. The van der Waals surface area contributed by atoms with Crippen LogP contribution in [-0.4, -0.2) is 18.0 Å². The van der Waals surface area contributed by atoms with Crippen LogP contribution in [-0.2, 0) is 9.53 Å². The van der Waals surface area contributed by atoms with E-state index >= 15 is 0 Å². The zero-order chi connectivity index (χ0) is 9.47. The Balaban J connectivity index is 1.73. The molecular weight excluding hydrogens is 178 g/mol. The highest BCUT2D eigenvalue weighted by Gasteiger charge is 2.50. The molecule has 4 heteroatoms. The van der Waals surface area contributed by atoms with Gasteiger partial charge in [-0.05, 0) is 19.3 Å². The molecule has 2 saturated carbocycles. The molecule has 2 aliphatic carbocycles. The van der Waals surface area contributed by atoms with Gasteiger partial charge in [-0.25, -0.2) is 8.78 Å². The Morgan fingerprint density at radius 2 is 1.92 bits per heavy atom. The second-order valence-corrected chi connectivity index (χ2v) is 3.95. The number of alkyl halides is 2. The van der Waals surface area contributed by atoms with E-state index in [0.29, 0.717) is 0 Å². The quantitative estimate of drug-likeness (QED) is 0.623. The van der Waals surface area contributed by atoms with Crippen molar-refractivity contribution in [2.75, 3.05) is 0 Å². The van der Waals surface area contributed by atoms with Crippen molar-refractivity contribution >= 4 is 5.97 Å². The van der Waals surface area contributed by atoms with Gasteiger partial charge in [0.25, 0.3) is 0 Å². The summed E-state index contributed by atoms with van der Waals surface area (Å²) in [6.45, 7) is 0. The normalized spacial score (nSPS) is 27.5. The molecule has 0 heterocycles. The van der Waals surface area contributed by atoms with Crippen LogP contribution >= 0.6 is 0 Å². The fourth-order valence-corrected chi connectivity index (χ4v) is 1.58. The average molecular weight is 190 g/mol. The number of carbonyl (C=O) groups excluding carboxylic acids is 1. The molecule has 0 bridgehead atoms. The van der Waals surface area contributed by atoms with Crippen molar-refractivity contribution < 1.29 is 18.3 Å². The molecule has 2 rings (SSSR count). The third-order valence-corrected chi connectivity index (χ3v) is 2.76. The molecule has 2 nitrogen and oxygen atoms in total. The lowest BCUT2D eigenvalue weighted by Crippen LogP contribution is -2.42. The van der Waals surface area contributed by atoms with Gasteiger partial charge in [0.2, 0.25) is 5.92 Å². The monoisotopic (exact) mass is 190 g/mol. The average Bonchev–Trinajstić information content (AvgIpc) is 1.91. The number of ether oxygens (including phenoxy) is 1. The van der Waals surface area contributed by atoms with E-state index in [-0.39, 0.29) is 18.9 Å². The van der Waals surface area contributed by atoms with E-state index in [1.165, 1.54) is 0 Å². The molecule has 0 aromatic rings. The van der Waals surface area contributed by atoms with Gasteiger partial charge in [0.15, 0.2) is 0 Å². The molecule has 0 aromatic heterocycles. The molecule has 0 radical (unpaired) electrons. The summed E-state index contributed by atoms with van der Waals surface area (Å²) < 4.78 is 29.8. The highest BCUT2D eigenvalue weighted by Crippen LogP contribution is 2.43. The maximum absolute atomic E-state index is 12.4. The highest BCUT2D eigenvalue weighted by molar-refractivity contribution is 5.74. The van der Waals surface area contributed by atoms with Gasteiger partial charge in [-0.2, -0.15) is 0 Å². The number of rotatable bonds is 2. The van der Waals surface area contributed by atoms with Crippen LogP contribution in [0.4, 0.5) is 8.78 Å². The summed E-state index contributed by atoms with van der Waals surface area (Å²) in [5.74, 6) is -3.59. The first kappa shape index (κ1) is 8.91. The molecular formula is C9H12F2O2. The van der Waals surface area contributed by atoms with Gasteiger partial charge in [-0.15, -0.1) is 0 Å². The van der Waals surface area contributed by atoms with E-state index in [2.05, 4.69) is 0 Å². The minimum atomic E-state index is -2.62. The lowest BCUT2D eigenvalue weighted by molar-refractivity contribution is -0.179. The van der Waals surface area contributed by atoms with Crippen molar-refractivity contribution in [2.45, 2.75) is 44.1 Å². The molecule has 13 heavy (non-hydrogen) atoms. The van der Waals surface area contributed by atoms with Crippen LogP contribution in [0.3, 0.4) is 0 Å². The van der Waals surface area contributed by atoms with Crippen LogP contribution in [0.15, 0.2) is 0 Å². The molecule has 74 valence electrons. The highest BCUT2D eigenvalue weighted by atomic mass is 19.3. The molecule has 0 spiro atoms. The summed E-state index contributed by atoms with van der Waals surface area (Å²) in [7, 11) is 0. The Morgan fingerprint density at radius 1 is 1.31 bits per heavy atom. The number of carbonyl (C=O) groups is 1. The second kappa shape index (κ2) is 2.93. The smallest absolute Gasteiger partial charge is 0.309 e. The molecule has 2 aliphatic rings. The fourth-order valence-electron chi connectivity index (χ4n) is 1.58. The predicted octanol–water partition coefficient (Wildman–Crippen LogP) is 2.13. The van der Waals surface area contributed by atoms with Crippen LogP contribution in [0, 0.1) is 5.92 Å². The Kier molecular flexibility index (Phi) is 2.00. The first-order valence-corrected chi connectivity index (χ1v) is 4.65. The summed E-state index contributed by atoms with van der Waals surface area (Å²) in [5, 5.41) is 0. The van der Waals surface area contributed by atoms with Gasteiger partial charge >= 0.3 is 5.97 Å². The first-order valence-electron chi connectivity index (χ1n) is 4.65. The van der Waals surface area contributed by atoms with Crippen molar-refractivity contribution in [3.05, 3.63) is 0 Å². The minimum absolute atomic E-state index is 0.0155. The van der Waals surface area contributed by atoms with Crippen molar-refractivity contribution in [1.29, 1.82) is 0 Å². The standard InChI is InChI=1S/C9H12F2O2/c10-9(11)4-6(5-9)8(12)13-7-2-1-3-7/h6-7H,1-5H2. The SMILES string of the molecule is O=C(OC1CCC1)C1CC(F)(F)C1. The Morgan fingerprint density at radius 3 is 2.31 bits per heavy atom. The van der Waals surface area contributed by atoms with Crippen LogP contribution < -0.4 is 0 Å². The van der Waals surface area contributed by atoms with Crippen molar-refractivity contribution in [3.8, 4) is 0 Å². The largest absolute Gasteiger partial charge is 0.462 e. The van der Waals surface area contributed by atoms with Crippen LogP contribution in [0.2, 0.25) is 0 Å². The topological polar surface area (TPSA) is 26.3 Å². The lowest BCUT2D eigenvalue weighted by atomic mass is 9.81. The summed E-state index contributed by atoms with van der Waals surface area (Å²) in [6, 6.07) is 0. The summed E-state index contributed by atoms with van der Waals surface area (Å²) in [6.07, 6.45) is 2.25. The minimum Gasteiger partial charge on any atom is -0.462 e. The molecule has 2 fully saturated rings. The number of hydrogen-bond donors (Lipinski definition) is 0. The molecule has 0 saturated heterocycles. The maximum Gasteiger partial charge on any atom is 0.309 e. The Labute approximate surface area is 75.3 Å². The second-order valence-electron chi connectivity index (χ2n) is 3.95. The Hall–Kier alpha value is -0.670. The van der Waals surface area contributed by atoms with Gasteiger partial charge < -0.3 is 4.74 Å². The molecule has 0 aliphatic heterocycles. The summed E-state index contributed by atoms with van der Waals surface area (Å²) in [4.78, 5) is 11.2. The van der Waals surface area contributed by atoms with Gasteiger partial charge in [0.1, 0.15) is 6.10 Å². The fraction of sp³-hybridized carbons (Fsp3) is 0.889. The number of halogens is 2. The molecule has 0 N–H and O–H groups in total. The molecule has 0 aromatic carbocycles. The van der Waals surface area contributed by atoms with Gasteiger partial charge in [0.05, 0.1) is 5.92 Å². The zero-order valence-corrected chi connectivity index (χ0v) is 7.26. The maximum atomic E-state index is 12.4. The van der Waals surface area contributed by atoms with Crippen molar-refractivity contribution in [3.63, 3.8) is 0 Å². The van der Waals surface area contributed by atoms with Gasteiger partial charge in [-0.1, -0.05) is 0 Å². The lowest BCUT2D eigenvalue weighted by Gasteiger charge is -2.35. The van der Waals surface area contributed by atoms with E-state index < -0.39 is 17.8 Å². The van der Waals surface area contributed by atoms with E-state index in [0.717, 1.165) is 19.3 Å². The molecule has 0 atom stereocenters. The van der Waals surface area contributed by atoms with E-state index in [9.17, 15) is 13.6 Å². The van der Waals surface area contributed by atoms with E-state index in [4.69, 9.17) is 4.74 Å². The Bertz CT molecular complexity index is 216. The first-order chi connectivity index (χ1) is 6.07. The van der Waals surface area contributed by atoms with E-state index in [1.54, 1.807) is 0 Å². The summed E-state index contributed by atoms with van der Waals surface area (Å²) >= 11 is 0. The number of esters is 1. The van der Waals surface area contributed by atoms with Gasteiger partial charge in [0, 0.05) is 12.8 Å². The summed E-state index contributed by atoms with van der Waals surface area (Å²) in [5.41, 5.74) is 0. The van der Waals surface area contributed by atoms with Gasteiger partial charge in [-0.3, -0.25) is 4.79 Å². The van der Waals surface area contributed by atoms with Crippen molar-refractivity contribution in [1.82, 2.24) is 0 Å².